The minimum Gasteiger partial charge on any atom is -0.443 e. The van der Waals surface area contributed by atoms with Gasteiger partial charge in [0.15, 0.2) is 0 Å². The molecule has 0 rings (SSSR count). The maximum absolute atomic E-state index is 12.6. The molecule has 32 heavy (non-hydrogen) atoms. The predicted octanol–water partition coefficient (Wildman–Crippen LogP) is 1.48. The lowest BCUT2D eigenvalue weighted by molar-refractivity contribution is -0.130. The lowest BCUT2D eigenvalue weighted by atomic mass is 10.0. The van der Waals surface area contributed by atoms with Crippen molar-refractivity contribution in [3.63, 3.8) is 0 Å². The molecule has 0 aliphatic heterocycles. The minimum absolute atomic E-state index is 0.129. The van der Waals surface area contributed by atoms with E-state index in [0.29, 0.717) is 11.8 Å². The van der Waals surface area contributed by atoms with E-state index >= 15 is 0 Å². The lowest BCUT2D eigenvalue weighted by Crippen LogP contribution is -2.58. The van der Waals surface area contributed by atoms with Crippen molar-refractivity contribution >= 4 is 28.0 Å². The summed E-state index contributed by atoms with van der Waals surface area (Å²) in [6.07, 6.45) is 0.864. The molecule has 0 saturated carbocycles. The molecule has 0 aromatic heterocycles. The van der Waals surface area contributed by atoms with E-state index in [-0.39, 0.29) is 11.8 Å². The van der Waals surface area contributed by atoms with Gasteiger partial charge in [-0.2, -0.15) is 8.42 Å². The Bertz CT molecular complexity index is 773. The number of hydrogen-bond donors (Lipinski definition) is 5. The normalized spacial score (nSPS) is 15.3. The molecule has 3 atom stereocenters. The smallest absolute Gasteiger partial charge is 0.422 e. The molecule has 12 heteroatoms. The first-order valence-electron chi connectivity index (χ1n) is 10.4. The Morgan fingerprint density at radius 2 is 1.56 bits per heavy atom. The molecule has 0 heterocycles. The van der Waals surface area contributed by atoms with Crippen LogP contribution >= 0.6 is 0 Å². The summed E-state index contributed by atoms with van der Waals surface area (Å²) >= 11 is 0. The number of rotatable bonds is 11. The van der Waals surface area contributed by atoms with Crippen LogP contribution in [0.4, 0.5) is 4.79 Å². The quantitative estimate of drug-likeness (QED) is 0.220. The van der Waals surface area contributed by atoms with E-state index in [1.165, 1.54) is 13.0 Å². The van der Waals surface area contributed by atoms with Crippen molar-refractivity contribution in [3.8, 4) is 0 Å². The van der Waals surface area contributed by atoms with Gasteiger partial charge >= 0.3 is 6.09 Å². The van der Waals surface area contributed by atoms with Gasteiger partial charge in [0.05, 0.1) is 5.41 Å². The highest BCUT2D eigenvalue weighted by Crippen LogP contribution is 2.08. The van der Waals surface area contributed by atoms with Crippen molar-refractivity contribution in [3.05, 3.63) is 11.5 Å². The summed E-state index contributed by atoms with van der Waals surface area (Å²) < 4.78 is 35.9. The van der Waals surface area contributed by atoms with Crippen LogP contribution in [0.1, 0.15) is 61.8 Å². The number of carbonyl (C=O) groups excluding carboxylic acids is 3. The zero-order valence-electron chi connectivity index (χ0n) is 20.1. The van der Waals surface area contributed by atoms with E-state index in [1.807, 2.05) is 13.8 Å². The molecule has 0 fully saturated rings. The third-order valence-corrected chi connectivity index (χ3v) is 4.47. The van der Waals surface area contributed by atoms with Gasteiger partial charge in [0.2, 0.25) is 11.8 Å². The fourth-order valence-corrected chi connectivity index (χ4v) is 2.93. The summed E-state index contributed by atoms with van der Waals surface area (Å²) in [6, 6.07) is -2.44. The van der Waals surface area contributed by atoms with Crippen LogP contribution in [0.25, 0.3) is 0 Å². The maximum Gasteiger partial charge on any atom is 0.422 e. The monoisotopic (exact) mass is 478 g/mol. The van der Waals surface area contributed by atoms with Gasteiger partial charge in [-0.15, -0.1) is 0 Å². The topological polar surface area (TPSA) is 163 Å². The number of amides is 3. The van der Waals surface area contributed by atoms with E-state index in [9.17, 15) is 22.8 Å². The number of carbonyl (C=O) groups is 3. The molecule has 0 spiro atoms. The van der Waals surface area contributed by atoms with Gasteiger partial charge in [-0.25, -0.2) is 10.2 Å². The minimum atomic E-state index is -4.33. The standard InChI is InChI=1S/C20H38N4O7S/c1-12(2)11-15(9-10-32(28,29)30)22-17(25)14(5)21-18(26)16(13(3)4)23-24-19(27)31-20(6,7)8/h9-10,12-16,23H,11H2,1-8H3,(H,21,26)(H,22,25)(H,24,27)(H,28,29,30)/t14-,15+,16-/m0/s1. The van der Waals surface area contributed by atoms with Gasteiger partial charge in [0.25, 0.3) is 10.1 Å². The van der Waals surface area contributed by atoms with Gasteiger partial charge < -0.3 is 15.4 Å². The molecule has 5 N–H and O–H groups in total. The van der Waals surface area contributed by atoms with Crippen LogP contribution in [0.3, 0.4) is 0 Å². The van der Waals surface area contributed by atoms with Crippen LogP contribution in [-0.2, 0) is 24.4 Å². The first kappa shape index (κ1) is 29.8. The van der Waals surface area contributed by atoms with Crippen molar-refractivity contribution in [1.29, 1.82) is 0 Å². The molecule has 0 bridgehead atoms. The highest BCUT2D eigenvalue weighted by Gasteiger charge is 2.27. The van der Waals surface area contributed by atoms with Gasteiger partial charge in [-0.05, 0) is 52.0 Å². The molecule has 0 radical (unpaired) electrons. The molecule has 3 amide bonds. The van der Waals surface area contributed by atoms with E-state index in [4.69, 9.17) is 9.29 Å². The van der Waals surface area contributed by atoms with Crippen molar-refractivity contribution in [2.45, 2.75) is 85.5 Å². The fraction of sp³-hybridized carbons (Fsp3) is 0.750. The molecule has 0 aromatic carbocycles. The van der Waals surface area contributed by atoms with E-state index < -0.39 is 51.8 Å². The third-order valence-electron chi connectivity index (χ3n) is 3.97. The molecule has 186 valence electrons. The summed E-state index contributed by atoms with van der Waals surface area (Å²) in [6.45, 7) is 13.9. The van der Waals surface area contributed by atoms with E-state index in [1.54, 1.807) is 34.6 Å². The van der Waals surface area contributed by atoms with Crippen molar-refractivity contribution < 1.29 is 32.1 Å². The Morgan fingerprint density at radius 3 is 2.00 bits per heavy atom. The lowest BCUT2D eigenvalue weighted by Gasteiger charge is -2.26. The van der Waals surface area contributed by atoms with Gasteiger partial charge in [-0.3, -0.25) is 19.6 Å². The van der Waals surface area contributed by atoms with Crippen LogP contribution in [-0.4, -0.2) is 54.6 Å². The molecule has 0 aliphatic carbocycles. The number of nitrogens with one attached hydrogen (secondary N) is 4. The second-order valence-corrected chi connectivity index (χ2v) is 10.6. The van der Waals surface area contributed by atoms with E-state index in [2.05, 4.69) is 21.5 Å². The Labute approximate surface area is 190 Å². The summed E-state index contributed by atoms with van der Waals surface area (Å²) in [4.78, 5) is 37.0. The van der Waals surface area contributed by atoms with Gasteiger partial charge in [0.1, 0.15) is 17.7 Å². The first-order valence-corrected chi connectivity index (χ1v) is 11.9. The maximum atomic E-state index is 12.6. The zero-order valence-corrected chi connectivity index (χ0v) is 20.9. The van der Waals surface area contributed by atoms with Crippen LogP contribution < -0.4 is 21.5 Å². The zero-order chi connectivity index (χ0) is 25.3. The summed E-state index contributed by atoms with van der Waals surface area (Å²) in [5, 5.41) is 5.83. The number of hydrazine groups is 1. The summed E-state index contributed by atoms with van der Waals surface area (Å²) in [7, 11) is -4.33. The van der Waals surface area contributed by atoms with Gasteiger partial charge in [-0.1, -0.05) is 27.7 Å². The molecule has 0 aromatic rings. The average Bonchev–Trinajstić information content (AvgIpc) is 2.56. The second-order valence-electron chi connectivity index (χ2n) is 9.31. The fourth-order valence-electron chi connectivity index (χ4n) is 2.54. The Balaban J connectivity index is 5.05. The number of hydrogen-bond acceptors (Lipinski definition) is 7. The highest BCUT2D eigenvalue weighted by molar-refractivity contribution is 7.88. The largest absolute Gasteiger partial charge is 0.443 e. The summed E-state index contributed by atoms with van der Waals surface area (Å²) in [5.74, 6) is -1.16. The number of ether oxygens (including phenoxy) is 1. The van der Waals surface area contributed by atoms with Crippen molar-refractivity contribution in [2.75, 3.05) is 0 Å². The Kier molecular flexibility index (Phi) is 11.9. The Hall–Kier alpha value is -2.18. The van der Waals surface area contributed by atoms with Crippen LogP contribution in [0.15, 0.2) is 11.5 Å². The third kappa shape index (κ3) is 14.0. The van der Waals surface area contributed by atoms with Crippen LogP contribution in [0.5, 0.6) is 0 Å². The molecule has 0 unspecified atom stereocenters. The molecule has 11 nitrogen and oxygen atoms in total. The van der Waals surface area contributed by atoms with Crippen LogP contribution in [0.2, 0.25) is 0 Å². The van der Waals surface area contributed by atoms with Gasteiger partial charge in [0, 0.05) is 6.04 Å². The van der Waals surface area contributed by atoms with E-state index in [0.717, 1.165) is 0 Å². The van der Waals surface area contributed by atoms with Crippen LogP contribution in [0, 0.1) is 11.8 Å². The average molecular weight is 479 g/mol. The molecular weight excluding hydrogens is 440 g/mol. The molecule has 0 saturated heterocycles. The Morgan fingerprint density at radius 1 is 1.00 bits per heavy atom. The van der Waals surface area contributed by atoms with Crippen molar-refractivity contribution in [1.82, 2.24) is 21.5 Å². The molecular formula is C20H38N4O7S. The summed E-state index contributed by atoms with van der Waals surface area (Å²) in [5.41, 5.74) is 4.24. The van der Waals surface area contributed by atoms with Crippen molar-refractivity contribution in [2.24, 2.45) is 11.8 Å². The SMILES string of the molecule is CC(C)C[C@@H](C=CS(=O)(=O)O)NC(=O)[C@H](C)NC(=O)[C@@H](NNC(=O)OC(C)(C)C)C(C)C. The second kappa shape index (κ2) is 12.8. The molecule has 0 aliphatic rings. The highest BCUT2D eigenvalue weighted by atomic mass is 32.2. The first-order chi connectivity index (χ1) is 14.4. The predicted molar refractivity (Wildman–Crippen MR) is 121 cm³/mol.